The molecule has 1 unspecified atom stereocenters. The van der Waals surface area contributed by atoms with Crippen molar-refractivity contribution in [3.63, 3.8) is 0 Å². The maximum atomic E-state index is 12.1. The van der Waals surface area contributed by atoms with Crippen LogP contribution in [-0.2, 0) is 16.0 Å². The molecule has 0 aromatic heterocycles. The summed E-state index contributed by atoms with van der Waals surface area (Å²) in [5.41, 5.74) is 6.79. The molecular formula is C14H18N2O4. The first-order valence-corrected chi connectivity index (χ1v) is 6.44. The number of amides is 1. The van der Waals surface area contributed by atoms with Crippen molar-refractivity contribution in [2.24, 2.45) is 5.73 Å². The van der Waals surface area contributed by atoms with Crippen LogP contribution in [0.1, 0.15) is 12.0 Å². The highest BCUT2D eigenvalue weighted by Gasteiger charge is 2.39. The molecule has 0 bridgehead atoms. The van der Waals surface area contributed by atoms with Gasteiger partial charge in [-0.2, -0.15) is 0 Å². The van der Waals surface area contributed by atoms with Crippen molar-refractivity contribution >= 4 is 11.9 Å². The van der Waals surface area contributed by atoms with Gasteiger partial charge in [-0.25, -0.2) is 4.79 Å². The largest absolute Gasteiger partial charge is 0.497 e. The van der Waals surface area contributed by atoms with Crippen LogP contribution in [-0.4, -0.2) is 47.6 Å². The molecule has 1 aliphatic heterocycles. The van der Waals surface area contributed by atoms with Crippen LogP contribution >= 0.6 is 0 Å². The summed E-state index contributed by atoms with van der Waals surface area (Å²) in [5, 5.41) is 8.93. The normalized spacial score (nSPS) is 19.1. The van der Waals surface area contributed by atoms with Crippen molar-refractivity contribution in [1.82, 2.24) is 4.90 Å². The number of carboxylic acids is 1. The Labute approximate surface area is 117 Å². The second-order valence-corrected chi connectivity index (χ2v) is 4.83. The zero-order chi connectivity index (χ0) is 14.7. The van der Waals surface area contributed by atoms with E-state index in [1.165, 1.54) is 4.90 Å². The van der Waals surface area contributed by atoms with Crippen LogP contribution in [0, 0.1) is 0 Å². The average Bonchev–Trinajstić information content (AvgIpc) is 2.37. The van der Waals surface area contributed by atoms with Gasteiger partial charge < -0.3 is 20.5 Å². The number of hydrogen-bond donors (Lipinski definition) is 2. The van der Waals surface area contributed by atoms with Crippen molar-refractivity contribution < 1.29 is 19.4 Å². The molecule has 1 aromatic rings. The van der Waals surface area contributed by atoms with Gasteiger partial charge in [-0.3, -0.25) is 4.79 Å². The predicted octanol–water partition coefficient (Wildman–Crippen LogP) is 0.251. The van der Waals surface area contributed by atoms with Gasteiger partial charge in [-0.1, -0.05) is 12.1 Å². The van der Waals surface area contributed by atoms with Crippen LogP contribution in [0.5, 0.6) is 5.75 Å². The van der Waals surface area contributed by atoms with E-state index in [2.05, 4.69) is 0 Å². The van der Waals surface area contributed by atoms with Crippen LogP contribution in [0.2, 0.25) is 0 Å². The number of methoxy groups -OCH3 is 1. The second-order valence-electron chi connectivity index (χ2n) is 4.83. The maximum absolute atomic E-state index is 12.1. The number of carbonyl (C=O) groups excluding carboxylic acids is 1. The van der Waals surface area contributed by atoms with E-state index in [1.807, 2.05) is 12.1 Å². The molecular weight excluding hydrogens is 260 g/mol. The molecule has 0 aliphatic carbocycles. The fourth-order valence-electron chi connectivity index (χ4n) is 2.22. The Balaban J connectivity index is 1.95. The molecule has 3 N–H and O–H groups in total. The Hall–Kier alpha value is -2.08. The van der Waals surface area contributed by atoms with Gasteiger partial charge in [0.1, 0.15) is 11.8 Å². The zero-order valence-electron chi connectivity index (χ0n) is 11.3. The van der Waals surface area contributed by atoms with Gasteiger partial charge in [0.2, 0.25) is 5.91 Å². The van der Waals surface area contributed by atoms with Gasteiger partial charge in [0.05, 0.1) is 13.2 Å². The molecule has 1 amide bonds. The van der Waals surface area contributed by atoms with E-state index in [1.54, 1.807) is 19.2 Å². The van der Waals surface area contributed by atoms with E-state index >= 15 is 0 Å². The third kappa shape index (κ3) is 2.91. The minimum atomic E-state index is -0.971. The minimum absolute atomic E-state index is 0.306. The second kappa shape index (κ2) is 5.92. The van der Waals surface area contributed by atoms with Crippen LogP contribution in [0.15, 0.2) is 24.3 Å². The summed E-state index contributed by atoms with van der Waals surface area (Å²) in [7, 11) is 1.58. The molecule has 1 fully saturated rings. The first kappa shape index (κ1) is 14.3. The van der Waals surface area contributed by atoms with Gasteiger partial charge in [0.25, 0.3) is 0 Å². The molecule has 0 saturated carbocycles. The standard InChI is InChI=1S/C14H18N2O4/c1-20-10-4-2-9(3-5-10)8-11(15)13(17)16-7-6-12(16)14(18)19/h2-5,11-12H,6-8,15H2,1H3,(H,18,19)/t11-,12?/m1/s1. The van der Waals surface area contributed by atoms with E-state index in [0.717, 1.165) is 11.3 Å². The molecule has 0 radical (unpaired) electrons. The molecule has 0 spiro atoms. The van der Waals surface area contributed by atoms with E-state index < -0.39 is 18.1 Å². The first-order valence-electron chi connectivity index (χ1n) is 6.44. The lowest BCUT2D eigenvalue weighted by Crippen LogP contribution is -2.59. The molecule has 6 heteroatoms. The van der Waals surface area contributed by atoms with E-state index in [0.29, 0.717) is 19.4 Å². The SMILES string of the molecule is COc1ccc(C[C@@H](N)C(=O)N2CCC2C(=O)O)cc1. The highest BCUT2D eigenvalue weighted by atomic mass is 16.5. The number of likely N-dealkylation sites (tertiary alicyclic amines) is 1. The fraction of sp³-hybridized carbons (Fsp3) is 0.429. The summed E-state index contributed by atoms with van der Waals surface area (Å²) in [6.45, 7) is 0.464. The number of nitrogens with two attached hydrogens (primary N) is 1. The molecule has 1 saturated heterocycles. The van der Waals surface area contributed by atoms with Crippen LogP contribution < -0.4 is 10.5 Å². The van der Waals surface area contributed by atoms with Crippen molar-refractivity contribution in [2.75, 3.05) is 13.7 Å². The summed E-state index contributed by atoms with van der Waals surface area (Å²) in [5.74, 6) is -0.539. The van der Waals surface area contributed by atoms with Crippen LogP contribution in [0.3, 0.4) is 0 Å². The molecule has 108 valence electrons. The number of hydrogen-bond acceptors (Lipinski definition) is 4. The molecule has 1 aromatic carbocycles. The maximum Gasteiger partial charge on any atom is 0.326 e. The Kier molecular flexibility index (Phi) is 4.24. The molecule has 2 rings (SSSR count). The van der Waals surface area contributed by atoms with Crippen LogP contribution in [0.4, 0.5) is 0 Å². The van der Waals surface area contributed by atoms with Crippen molar-refractivity contribution in [3.8, 4) is 5.75 Å². The van der Waals surface area contributed by atoms with Gasteiger partial charge in [0.15, 0.2) is 0 Å². The number of carbonyl (C=O) groups is 2. The monoisotopic (exact) mass is 278 g/mol. The Morgan fingerprint density at radius 3 is 2.55 bits per heavy atom. The fourth-order valence-corrected chi connectivity index (χ4v) is 2.22. The lowest BCUT2D eigenvalue weighted by molar-refractivity contribution is -0.157. The van der Waals surface area contributed by atoms with Crippen molar-refractivity contribution in [2.45, 2.75) is 24.9 Å². The zero-order valence-corrected chi connectivity index (χ0v) is 11.3. The molecule has 6 nitrogen and oxygen atoms in total. The molecule has 1 aliphatic rings. The van der Waals surface area contributed by atoms with Gasteiger partial charge in [-0.05, 0) is 30.5 Å². The third-order valence-electron chi connectivity index (χ3n) is 3.52. The molecule has 1 heterocycles. The number of benzene rings is 1. The van der Waals surface area contributed by atoms with Crippen molar-refractivity contribution in [1.29, 1.82) is 0 Å². The number of rotatable bonds is 5. The Morgan fingerprint density at radius 2 is 2.10 bits per heavy atom. The lowest BCUT2D eigenvalue weighted by Gasteiger charge is -2.39. The quantitative estimate of drug-likeness (QED) is 0.805. The predicted molar refractivity (Wildman–Crippen MR) is 72.4 cm³/mol. The summed E-state index contributed by atoms with van der Waals surface area (Å²) in [6, 6.07) is 5.86. The highest BCUT2D eigenvalue weighted by molar-refractivity contribution is 5.88. The Morgan fingerprint density at radius 1 is 1.45 bits per heavy atom. The third-order valence-corrected chi connectivity index (χ3v) is 3.52. The number of nitrogens with zero attached hydrogens (tertiary/aromatic N) is 1. The van der Waals surface area contributed by atoms with E-state index in [9.17, 15) is 9.59 Å². The number of ether oxygens (including phenoxy) is 1. The van der Waals surface area contributed by atoms with E-state index in [-0.39, 0.29) is 5.91 Å². The molecule has 2 atom stereocenters. The number of carboxylic acid groups (broad SMARTS) is 1. The van der Waals surface area contributed by atoms with E-state index in [4.69, 9.17) is 15.6 Å². The summed E-state index contributed by atoms with van der Waals surface area (Å²) < 4.78 is 5.06. The molecule has 20 heavy (non-hydrogen) atoms. The van der Waals surface area contributed by atoms with Gasteiger partial charge in [0, 0.05) is 6.54 Å². The summed E-state index contributed by atoms with van der Waals surface area (Å²) >= 11 is 0. The summed E-state index contributed by atoms with van der Waals surface area (Å²) in [4.78, 5) is 24.3. The van der Waals surface area contributed by atoms with Crippen LogP contribution in [0.25, 0.3) is 0 Å². The smallest absolute Gasteiger partial charge is 0.326 e. The van der Waals surface area contributed by atoms with Gasteiger partial charge >= 0.3 is 5.97 Å². The average molecular weight is 278 g/mol. The first-order chi connectivity index (χ1) is 9.52. The lowest BCUT2D eigenvalue weighted by atomic mass is 9.99. The number of aliphatic carboxylic acids is 1. The Bertz CT molecular complexity index is 500. The summed E-state index contributed by atoms with van der Waals surface area (Å²) in [6.07, 6.45) is 0.877. The van der Waals surface area contributed by atoms with Gasteiger partial charge in [-0.15, -0.1) is 0 Å². The topological polar surface area (TPSA) is 92.9 Å². The minimum Gasteiger partial charge on any atom is -0.497 e. The van der Waals surface area contributed by atoms with Crippen molar-refractivity contribution in [3.05, 3.63) is 29.8 Å². The highest BCUT2D eigenvalue weighted by Crippen LogP contribution is 2.19.